The number of hydrogen-bond acceptors (Lipinski definition) is 5. The average molecular weight is 455 g/mol. The first-order chi connectivity index (χ1) is 15.7. The maximum absolute atomic E-state index is 13.4. The Balaban J connectivity index is 1.36. The van der Waals surface area contributed by atoms with Crippen LogP contribution in [0.2, 0.25) is 0 Å². The van der Waals surface area contributed by atoms with Gasteiger partial charge in [0.2, 0.25) is 0 Å². The van der Waals surface area contributed by atoms with E-state index in [0.29, 0.717) is 12.3 Å². The van der Waals surface area contributed by atoms with Crippen molar-refractivity contribution >= 4 is 11.6 Å². The second-order valence-electron chi connectivity index (χ2n) is 12.2. The number of fused-ring (bicyclic) bond motifs is 7. The molecule has 5 fully saturated rings. The molecule has 33 heavy (non-hydrogen) atoms. The monoisotopic (exact) mass is 454 g/mol. The Morgan fingerprint density at radius 3 is 2.64 bits per heavy atom. The third kappa shape index (κ3) is 2.82. The van der Waals surface area contributed by atoms with Crippen LogP contribution in [0, 0.1) is 34.5 Å². The largest absolute Gasteiger partial charge is 0.393 e. The molecule has 0 aromatic carbocycles. The topological polar surface area (TPSA) is 72.8 Å². The number of carbonyl (C=O) groups is 2. The number of allylic oxidation sites excluding steroid dienone is 4. The van der Waals surface area contributed by atoms with Gasteiger partial charge in [-0.1, -0.05) is 44.8 Å². The van der Waals surface area contributed by atoms with Gasteiger partial charge in [0.15, 0.2) is 23.5 Å². The predicted octanol–water partition coefficient (Wildman–Crippen LogP) is 4.52. The highest BCUT2D eigenvalue weighted by Crippen LogP contribution is 2.70. The lowest BCUT2D eigenvalue weighted by molar-refractivity contribution is -0.207. The van der Waals surface area contributed by atoms with Gasteiger partial charge in [0, 0.05) is 22.7 Å². The molecule has 0 aromatic rings. The molecular formula is C28H38O5. The summed E-state index contributed by atoms with van der Waals surface area (Å²) >= 11 is 0. The highest BCUT2D eigenvalue weighted by atomic mass is 16.7. The Hall–Kier alpha value is -1.30. The zero-order valence-corrected chi connectivity index (χ0v) is 20.2. The summed E-state index contributed by atoms with van der Waals surface area (Å²) in [5.41, 5.74) is -0.547. The fourth-order valence-electron chi connectivity index (χ4n) is 9.36. The zero-order chi connectivity index (χ0) is 23.2. The molecule has 4 saturated carbocycles. The number of aliphatic hydroxyl groups excluding tert-OH is 1. The van der Waals surface area contributed by atoms with Crippen molar-refractivity contribution in [3.8, 4) is 0 Å². The number of hydrogen-bond donors (Lipinski definition) is 1. The number of aliphatic hydroxyl groups is 1. The van der Waals surface area contributed by atoms with E-state index < -0.39 is 17.1 Å². The first-order valence-electron chi connectivity index (χ1n) is 13.2. The first-order valence-corrected chi connectivity index (χ1v) is 13.2. The van der Waals surface area contributed by atoms with Gasteiger partial charge in [-0.05, 0) is 69.4 Å². The molecule has 1 saturated heterocycles. The number of carbonyl (C=O) groups excluding carboxylic acids is 2. The second-order valence-corrected chi connectivity index (χ2v) is 12.2. The van der Waals surface area contributed by atoms with Gasteiger partial charge >= 0.3 is 0 Å². The van der Waals surface area contributed by atoms with Crippen molar-refractivity contribution in [3.05, 3.63) is 23.8 Å². The molecule has 1 aliphatic heterocycles. The lowest BCUT2D eigenvalue weighted by atomic mass is 9.46. The van der Waals surface area contributed by atoms with Crippen LogP contribution in [0.5, 0.6) is 0 Å². The molecule has 0 radical (unpaired) electrons. The Kier molecular flexibility index (Phi) is 4.94. The van der Waals surface area contributed by atoms with Crippen molar-refractivity contribution in [3.63, 3.8) is 0 Å². The molecule has 1 heterocycles. The summed E-state index contributed by atoms with van der Waals surface area (Å²) in [7, 11) is 0. The zero-order valence-electron chi connectivity index (χ0n) is 20.2. The van der Waals surface area contributed by atoms with E-state index >= 15 is 0 Å². The lowest BCUT2D eigenvalue weighted by Gasteiger charge is -2.59. The Morgan fingerprint density at radius 1 is 1.15 bits per heavy atom. The van der Waals surface area contributed by atoms with E-state index in [9.17, 15) is 14.7 Å². The number of ether oxygens (including phenoxy) is 2. The summed E-state index contributed by atoms with van der Waals surface area (Å²) in [6.45, 7) is 6.05. The van der Waals surface area contributed by atoms with Crippen molar-refractivity contribution in [2.24, 2.45) is 34.5 Å². The maximum Gasteiger partial charge on any atom is 0.178 e. The normalized spacial score (nSPS) is 51.4. The Labute approximate surface area is 197 Å². The standard InChI is InChI=1S/C28H38O5/c1-16(29)28-23(32-25(33-28)17-7-5-4-6-8-17)14-21-20-10-9-18-13-19(30)11-12-26(18,2)24(20)22(31)15-27(21,28)3/h11-13,17,20-25,31H,4-10,14-15H2,1-3H3/t20-,21-,22-,23-,24+,25+,26-,27-,28+/m0/s1. The molecule has 180 valence electrons. The van der Waals surface area contributed by atoms with E-state index in [1.165, 1.54) is 19.3 Å². The van der Waals surface area contributed by atoms with Crippen LogP contribution in [0.3, 0.4) is 0 Å². The second kappa shape index (κ2) is 7.35. The SMILES string of the molecule is CC(=O)[C@@]12O[C@H](C3CCCCC3)O[C@H]1C[C@H]1[C@@H]3CCC4=CC(=O)C=C[C@]4(C)[C@H]3[C@@H](O)C[C@@]12C. The van der Waals surface area contributed by atoms with E-state index in [1.807, 2.05) is 6.08 Å². The van der Waals surface area contributed by atoms with Crippen LogP contribution in [0.4, 0.5) is 0 Å². The smallest absolute Gasteiger partial charge is 0.178 e. The molecule has 6 aliphatic rings. The maximum atomic E-state index is 13.4. The number of ketones is 2. The number of rotatable bonds is 2. The summed E-state index contributed by atoms with van der Waals surface area (Å²) in [6, 6.07) is 0. The molecule has 0 amide bonds. The highest BCUT2D eigenvalue weighted by Gasteiger charge is 2.75. The van der Waals surface area contributed by atoms with Crippen molar-refractivity contribution in [2.45, 2.75) is 103 Å². The van der Waals surface area contributed by atoms with E-state index in [-0.39, 0.29) is 47.1 Å². The summed E-state index contributed by atoms with van der Waals surface area (Å²) < 4.78 is 13.4. The van der Waals surface area contributed by atoms with Crippen LogP contribution in [-0.2, 0) is 19.1 Å². The van der Waals surface area contributed by atoms with Crippen LogP contribution < -0.4 is 0 Å². The summed E-state index contributed by atoms with van der Waals surface area (Å²) in [6.07, 6.45) is 13.5. The Bertz CT molecular complexity index is 931. The van der Waals surface area contributed by atoms with Crippen molar-refractivity contribution in [1.82, 2.24) is 0 Å². The Morgan fingerprint density at radius 2 is 1.91 bits per heavy atom. The molecule has 0 unspecified atom stereocenters. The predicted molar refractivity (Wildman–Crippen MR) is 123 cm³/mol. The van der Waals surface area contributed by atoms with Gasteiger partial charge in [0.25, 0.3) is 0 Å². The summed E-state index contributed by atoms with van der Waals surface area (Å²) in [5, 5.41) is 11.7. The minimum atomic E-state index is -0.957. The van der Waals surface area contributed by atoms with E-state index in [1.54, 1.807) is 19.1 Å². The minimum absolute atomic E-state index is 0.0527. The van der Waals surface area contributed by atoms with Crippen LogP contribution in [0.1, 0.15) is 78.6 Å². The molecule has 9 atom stereocenters. The van der Waals surface area contributed by atoms with E-state index in [0.717, 1.165) is 37.7 Å². The van der Waals surface area contributed by atoms with E-state index in [2.05, 4.69) is 13.8 Å². The molecule has 6 rings (SSSR count). The number of Topliss-reactive ketones (excluding diaryl/α,β-unsaturated/α-hetero) is 1. The van der Waals surface area contributed by atoms with Crippen molar-refractivity contribution in [2.75, 3.05) is 0 Å². The van der Waals surface area contributed by atoms with Crippen LogP contribution in [0.25, 0.3) is 0 Å². The average Bonchev–Trinajstić information content (AvgIpc) is 3.28. The highest BCUT2D eigenvalue weighted by molar-refractivity contribution is 6.01. The van der Waals surface area contributed by atoms with Gasteiger partial charge in [-0.2, -0.15) is 0 Å². The quantitative estimate of drug-likeness (QED) is 0.664. The molecule has 1 N–H and O–H groups in total. The first kappa shape index (κ1) is 22.2. The van der Waals surface area contributed by atoms with Crippen LogP contribution >= 0.6 is 0 Å². The third-order valence-electron chi connectivity index (χ3n) is 10.8. The van der Waals surface area contributed by atoms with Gasteiger partial charge in [0.1, 0.15) is 0 Å². The third-order valence-corrected chi connectivity index (χ3v) is 10.8. The fourth-order valence-corrected chi connectivity index (χ4v) is 9.36. The van der Waals surface area contributed by atoms with Crippen LogP contribution in [-0.4, -0.2) is 40.8 Å². The van der Waals surface area contributed by atoms with Crippen LogP contribution in [0.15, 0.2) is 23.8 Å². The summed E-state index contributed by atoms with van der Waals surface area (Å²) in [5.74, 6) is 1.08. The molecule has 0 aromatic heterocycles. The minimum Gasteiger partial charge on any atom is -0.393 e. The van der Waals surface area contributed by atoms with Gasteiger partial charge < -0.3 is 14.6 Å². The fraction of sp³-hybridized carbons (Fsp3) is 0.786. The van der Waals surface area contributed by atoms with E-state index in [4.69, 9.17) is 9.47 Å². The molecule has 5 nitrogen and oxygen atoms in total. The molecular weight excluding hydrogens is 416 g/mol. The van der Waals surface area contributed by atoms with Gasteiger partial charge in [0.05, 0.1) is 12.2 Å². The van der Waals surface area contributed by atoms with Gasteiger partial charge in [-0.15, -0.1) is 0 Å². The van der Waals surface area contributed by atoms with Crippen molar-refractivity contribution in [1.29, 1.82) is 0 Å². The summed E-state index contributed by atoms with van der Waals surface area (Å²) in [4.78, 5) is 25.4. The molecule has 5 heteroatoms. The molecule has 0 spiro atoms. The molecule has 5 aliphatic carbocycles. The molecule has 0 bridgehead atoms. The lowest BCUT2D eigenvalue weighted by Crippen LogP contribution is -2.62. The van der Waals surface area contributed by atoms with Gasteiger partial charge in [-0.3, -0.25) is 9.59 Å². The van der Waals surface area contributed by atoms with Gasteiger partial charge in [-0.25, -0.2) is 0 Å². The van der Waals surface area contributed by atoms with Crippen molar-refractivity contribution < 1.29 is 24.2 Å².